The Morgan fingerprint density at radius 3 is 2.59 bits per heavy atom. The van der Waals surface area contributed by atoms with E-state index in [0.717, 1.165) is 19.0 Å². The predicted octanol–water partition coefficient (Wildman–Crippen LogP) is 2.85. The summed E-state index contributed by atoms with van der Waals surface area (Å²) in [6, 6.07) is 2.69. The number of hydrogen-bond donors (Lipinski definition) is 3. The summed E-state index contributed by atoms with van der Waals surface area (Å²) in [5.74, 6) is 0.586. The van der Waals surface area contributed by atoms with Gasteiger partial charge >= 0.3 is 0 Å². The SMILES string of the molecule is CCCCCCCCNc1cc(O)cc(=O)[nH]1. The first-order valence-electron chi connectivity index (χ1n) is 6.39. The second kappa shape index (κ2) is 7.76. The summed E-state index contributed by atoms with van der Waals surface area (Å²) >= 11 is 0. The van der Waals surface area contributed by atoms with Crippen LogP contribution in [-0.2, 0) is 0 Å². The van der Waals surface area contributed by atoms with E-state index in [1.54, 1.807) is 0 Å². The monoisotopic (exact) mass is 238 g/mol. The lowest BCUT2D eigenvalue weighted by atomic mass is 10.1. The number of nitrogens with one attached hydrogen (secondary N) is 2. The third-order valence-corrected chi connectivity index (χ3v) is 2.67. The van der Waals surface area contributed by atoms with E-state index in [1.807, 2.05) is 0 Å². The highest BCUT2D eigenvalue weighted by Crippen LogP contribution is 2.10. The molecule has 0 atom stereocenters. The number of pyridine rings is 1. The molecule has 17 heavy (non-hydrogen) atoms. The molecule has 0 saturated carbocycles. The molecule has 0 aromatic carbocycles. The van der Waals surface area contributed by atoms with Crippen LogP contribution in [0.2, 0.25) is 0 Å². The number of aromatic nitrogens is 1. The topological polar surface area (TPSA) is 65.1 Å². The highest BCUT2D eigenvalue weighted by atomic mass is 16.3. The van der Waals surface area contributed by atoms with Crippen molar-refractivity contribution in [3.05, 3.63) is 22.5 Å². The zero-order valence-electron chi connectivity index (χ0n) is 10.5. The van der Waals surface area contributed by atoms with E-state index in [9.17, 15) is 9.90 Å². The standard InChI is InChI=1S/C13H22N2O2/c1-2-3-4-5-6-7-8-14-12-9-11(16)10-13(17)15-12/h9-10H,2-8H2,1H3,(H3,14,15,16,17). The molecule has 0 bridgehead atoms. The third-order valence-electron chi connectivity index (χ3n) is 2.67. The fraction of sp³-hybridized carbons (Fsp3) is 0.615. The first-order chi connectivity index (χ1) is 8.22. The molecule has 1 rings (SSSR count). The Morgan fingerprint density at radius 2 is 1.88 bits per heavy atom. The fourth-order valence-corrected chi connectivity index (χ4v) is 1.75. The molecule has 0 amide bonds. The number of H-pyrrole nitrogens is 1. The molecular weight excluding hydrogens is 216 g/mol. The summed E-state index contributed by atoms with van der Waals surface area (Å²) in [5, 5.41) is 12.3. The van der Waals surface area contributed by atoms with Crippen molar-refractivity contribution < 1.29 is 5.11 Å². The van der Waals surface area contributed by atoms with Crippen molar-refractivity contribution >= 4 is 5.82 Å². The highest BCUT2D eigenvalue weighted by Gasteiger charge is 1.96. The van der Waals surface area contributed by atoms with Crippen LogP contribution in [0.5, 0.6) is 5.75 Å². The van der Waals surface area contributed by atoms with E-state index < -0.39 is 0 Å². The molecule has 0 aliphatic heterocycles. The van der Waals surface area contributed by atoms with Crippen LogP contribution in [0, 0.1) is 0 Å². The summed E-state index contributed by atoms with van der Waals surface area (Å²) < 4.78 is 0. The maximum Gasteiger partial charge on any atom is 0.253 e. The van der Waals surface area contributed by atoms with Gasteiger partial charge in [0.2, 0.25) is 0 Å². The van der Waals surface area contributed by atoms with E-state index in [0.29, 0.717) is 5.82 Å². The van der Waals surface area contributed by atoms with Gasteiger partial charge in [0.25, 0.3) is 5.56 Å². The van der Waals surface area contributed by atoms with E-state index in [4.69, 9.17) is 0 Å². The maximum absolute atomic E-state index is 11.1. The third kappa shape index (κ3) is 6.00. The minimum Gasteiger partial charge on any atom is -0.508 e. The summed E-state index contributed by atoms with van der Waals surface area (Å²) in [5.41, 5.74) is -0.282. The van der Waals surface area contributed by atoms with E-state index >= 15 is 0 Å². The molecule has 1 aromatic heterocycles. The minimum atomic E-state index is -0.282. The second-order valence-electron chi connectivity index (χ2n) is 4.31. The molecule has 0 aliphatic rings. The van der Waals surface area contributed by atoms with E-state index in [1.165, 1.54) is 38.2 Å². The van der Waals surface area contributed by atoms with Crippen LogP contribution < -0.4 is 10.9 Å². The Balaban J connectivity index is 2.16. The number of aromatic amines is 1. The highest BCUT2D eigenvalue weighted by molar-refractivity contribution is 5.39. The Kier molecular flexibility index (Phi) is 6.22. The van der Waals surface area contributed by atoms with Gasteiger partial charge in [-0.3, -0.25) is 4.79 Å². The maximum atomic E-state index is 11.1. The lowest BCUT2D eigenvalue weighted by Gasteiger charge is -2.06. The van der Waals surface area contributed by atoms with Gasteiger partial charge in [-0.15, -0.1) is 0 Å². The fourth-order valence-electron chi connectivity index (χ4n) is 1.75. The van der Waals surface area contributed by atoms with Gasteiger partial charge in [-0.1, -0.05) is 39.0 Å². The van der Waals surface area contributed by atoms with Crippen molar-refractivity contribution in [3.8, 4) is 5.75 Å². The molecule has 0 radical (unpaired) electrons. The second-order valence-corrected chi connectivity index (χ2v) is 4.31. The minimum absolute atomic E-state index is 0.000745. The molecule has 0 saturated heterocycles. The Labute approximate surface area is 102 Å². The number of unbranched alkanes of at least 4 members (excludes halogenated alkanes) is 5. The van der Waals surface area contributed by atoms with Gasteiger partial charge in [-0.2, -0.15) is 0 Å². The Bertz CT molecular complexity index is 374. The Hall–Kier alpha value is -1.45. The molecule has 1 heterocycles. The molecule has 4 nitrogen and oxygen atoms in total. The molecule has 4 heteroatoms. The number of anilines is 1. The molecule has 0 aliphatic carbocycles. The molecule has 0 unspecified atom stereocenters. The van der Waals surface area contributed by atoms with E-state index in [-0.39, 0.29) is 11.3 Å². The molecule has 0 fully saturated rings. The zero-order chi connectivity index (χ0) is 12.5. The lowest BCUT2D eigenvalue weighted by Crippen LogP contribution is -2.10. The van der Waals surface area contributed by atoms with Gasteiger partial charge in [0, 0.05) is 18.7 Å². The quantitative estimate of drug-likeness (QED) is 0.610. The molecule has 0 spiro atoms. The Morgan fingerprint density at radius 1 is 1.18 bits per heavy atom. The van der Waals surface area contributed by atoms with Gasteiger partial charge in [0.1, 0.15) is 11.6 Å². The normalized spacial score (nSPS) is 10.4. The zero-order valence-corrected chi connectivity index (χ0v) is 10.5. The van der Waals surface area contributed by atoms with Gasteiger partial charge in [0.05, 0.1) is 0 Å². The van der Waals surface area contributed by atoms with Crippen LogP contribution in [0.4, 0.5) is 5.82 Å². The molecular formula is C13H22N2O2. The van der Waals surface area contributed by atoms with Gasteiger partial charge in [-0.05, 0) is 6.42 Å². The van der Waals surface area contributed by atoms with E-state index in [2.05, 4.69) is 17.2 Å². The summed E-state index contributed by atoms with van der Waals surface area (Å²) in [7, 11) is 0. The smallest absolute Gasteiger partial charge is 0.253 e. The van der Waals surface area contributed by atoms with Crippen LogP contribution >= 0.6 is 0 Å². The predicted molar refractivity (Wildman–Crippen MR) is 70.6 cm³/mol. The summed E-state index contributed by atoms with van der Waals surface area (Å²) in [6.45, 7) is 3.03. The largest absolute Gasteiger partial charge is 0.508 e. The van der Waals surface area contributed by atoms with Crippen molar-refractivity contribution in [2.45, 2.75) is 45.4 Å². The molecule has 96 valence electrons. The van der Waals surface area contributed by atoms with Gasteiger partial charge in [-0.25, -0.2) is 0 Å². The number of rotatable bonds is 8. The van der Waals surface area contributed by atoms with Crippen LogP contribution in [0.1, 0.15) is 45.4 Å². The first-order valence-corrected chi connectivity index (χ1v) is 6.39. The molecule has 3 N–H and O–H groups in total. The van der Waals surface area contributed by atoms with Crippen molar-refractivity contribution in [1.29, 1.82) is 0 Å². The van der Waals surface area contributed by atoms with Crippen molar-refractivity contribution in [2.24, 2.45) is 0 Å². The number of aromatic hydroxyl groups is 1. The van der Waals surface area contributed by atoms with Crippen molar-refractivity contribution in [1.82, 2.24) is 4.98 Å². The van der Waals surface area contributed by atoms with Crippen LogP contribution in [-0.4, -0.2) is 16.6 Å². The molecule has 1 aromatic rings. The van der Waals surface area contributed by atoms with Crippen LogP contribution in [0.15, 0.2) is 16.9 Å². The van der Waals surface area contributed by atoms with Crippen LogP contribution in [0.3, 0.4) is 0 Å². The van der Waals surface area contributed by atoms with Crippen molar-refractivity contribution in [3.63, 3.8) is 0 Å². The first kappa shape index (κ1) is 13.6. The summed E-state index contributed by atoms with van der Waals surface area (Å²) in [4.78, 5) is 13.7. The average Bonchev–Trinajstić information content (AvgIpc) is 2.26. The van der Waals surface area contributed by atoms with Gasteiger partial charge < -0.3 is 15.4 Å². The lowest BCUT2D eigenvalue weighted by molar-refractivity contribution is 0.474. The summed E-state index contributed by atoms with van der Waals surface area (Å²) in [6.07, 6.45) is 7.44. The van der Waals surface area contributed by atoms with Crippen molar-refractivity contribution in [2.75, 3.05) is 11.9 Å². The average molecular weight is 238 g/mol. The van der Waals surface area contributed by atoms with Gasteiger partial charge in [0.15, 0.2) is 0 Å². The van der Waals surface area contributed by atoms with Crippen LogP contribution in [0.25, 0.3) is 0 Å². The number of hydrogen-bond acceptors (Lipinski definition) is 3.